The van der Waals surface area contributed by atoms with E-state index in [-0.39, 0.29) is 26.2 Å². The average molecular weight is 443 g/mol. The maximum absolute atomic E-state index is 14.0. The largest absolute Gasteiger partial charge is 0.321 e. The highest BCUT2D eigenvalue weighted by atomic mass is 35.5. The number of rotatable bonds is 4. The van der Waals surface area contributed by atoms with Gasteiger partial charge in [-0.1, -0.05) is 11.6 Å². The third-order valence-corrected chi connectivity index (χ3v) is 6.12. The minimum atomic E-state index is -3.51. The van der Waals surface area contributed by atoms with Crippen LogP contribution in [0.25, 0.3) is 11.3 Å². The van der Waals surface area contributed by atoms with Crippen molar-refractivity contribution in [3.8, 4) is 11.3 Å². The van der Waals surface area contributed by atoms with E-state index < -0.39 is 27.4 Å². The predicted octanol–water partition coefficient (Wildman–Crippen LogP) is 4.71. The molecule has 1 aromatic carbocycles. The molecule has 0 radical (unpaired) electrons. The van der Waals surface area contributed by atoms with E-state index in [4.69, 9.17) is 11.6 Å². The zero-order chi connectivity index (χ0) is 20.6. The molecule has 0 aliphatic rings. The van der Waals surface area contributed by atoms with Gasteiger partial charge in [0, 0.05) is 33.5 Å². The van der Waals surface area contributed by atoms with Gasteiger partial charge in [-0.25, -0.2) is 17.2 Å². The molecule has 0 aliphatic carbocycles. The van der Waals surface area contributed by atoms with Gasteiger partial charge in [0.05, 0.1) is 16.0 Å². The number of amides is 1. The summed E-state index contributed by atoms with van der Waals surface area (Å²) in [5.41, 5.74) is 0.517. The molecule has 1 N–H and O–H groups in total. The van der Waals surface area contributed by atoms with Crippen LogP contribution < -0.4 is 5.32 Å². The normalized spacial score (nSPS) is 11.5. The molecule has 146 valence electrons. The highest BCUT2D eigenvalue weighted by Crippen LogP contribution is 2.32. The molecule has 0 unspecified atom stereocenters. The van der Waals surface area contributed by atoms with Crippen LogP contribution in [0.1, 0.15) is 14.5 Å². The van der Waals surface area contributed by atoms with Crippen molar-refractivity contribution in [2.24, 2.45) is 0 Å². The van der Waals surface area contributed by atoms with E-state index in [0.717, 1.165) is 29.9 Å². The van der Waals surface area contributed by atoms with Gasteiger partial charge in [0.25, 0.3) is 5.91 Å². The Morgan fingerprint density at radius 1 is 1.18 bits per heavy atom. The third kappa shape index (κ3) is 4.37. The summed E-state index contributed by atoms with van der Waals surface area (Å²) >= 11 is 7.03. The van der Waals surface area contributed by atoms with Crippen LogP contribution >= 0.6 is 22.9 Å². The Hall–Kier alpha value is -2.36. The zero-order valence-corrected chi connectivity index (χ0v) is 17.0. The summed E-state index contributed by atoms with van der Waals surface area (Å²) in [6, 6.07) is 6.15. The standard InChI is InChI=1S/C18H13ClF2N2O3S2/c1-9-14(17-15(21)5-11(20)8-22-17)7-16(27-9)18(24)23-12-3-10(19)4-13(6-12)28(2,25)26/h3-8H,1-2H3,(H,23,24). The van der Waals surface area contributed by atoms with Crippen LogP contribution in [0, 0.1) is 18.6 Å². The number of sulfone groups is 1. The van der Waals surface area contributed by atoms with Crippen molar-refractivity contribution >= 4 is 44.4 Å². The maximum Gasteiger partial charge on any atom is 0.265 e. The number of carbonyl (C=O) groups excluding carboxylic acids is 1. The zero-order valence-electron chi connectivity index (χ0n) is 14.6. The van der Waals surface area contributed by atoms with Gasteiger partial charge in [0.2, 0.25) is 0 Å². The van der Waals surface area contributed by atoms with Gasteiger partial charge in [-0.15, -0.1) is 11.3 Å². The fourth-order valence-electron chi connectivity index (χ4n) is 2.48. The second-order valence-corrected chi connectivity index (χ2v) is 9.67. The van der Waals surface area contributed by atoms with E-state index >= 15 is 0 Å². The molecule has 2 aromatic heterocycles. The molecule has 28 heavy (non-hydrogen) atoms. The number of nitrogens with zero attached hydrogens (tertiary/aromatic N) is 1. The summed E-state index contributed by atoms with van der Waals surface area (Å²) < 4.78 is 50.5. The van der Waals surface area contributed by atoms with Crippen LogP contribution in [0.2, 0.25) is 5.02 Å². The summed E-state index contributed by atoms with van der Waals surface area (Å²) in [4.78, 5) is 17.1. The Labute approximate surface area is 168 Å². The molecular weight excluding hydrogens is 430 g/mol. The van der Waals surface area contributed by atoms with Gasteiger partial charge < -0.3 is 5.32 Å². The van der Waals surface area contributed by atoms with Crippen molar-refractivity contribution in [1.29, 1.82) is 0 Å². The van der Waals surface area contributed by atoms with Crippen molar-refractivity contribution < 1.29 is 22.0 Å². The lowest BCUT2D eigenvalue weighted by Gasteiger charge is -2.07. The monoisotopic (exact) mass is 442 g/mol. The molecular formula is C18H13ClF2N2O3S2. The van der Waals surface area contributed by atoms with Gasteiger partial charge in [-0.05, 0) is 31.2 Å². The van der Waals surface area contributed by atoms with Crippen LogP contribution in [-0.2, 0) is 9.84 Å². The van der Waals surface area contributed by atoms with Crippen LogP contribution in [0.4, 0.5) is 14.5 Å². The molecule has 0 bridgehead atoms. The van der Waals surface area contributed by atoms with E-state index in [1.807, 2.05) is 0 Å². The summed E-state index contributed by atoms with van der Waals surface area (Å²) in [5, 5.41) is 2.73. The number of halogens is 3. The molecule has 0 atom stereocenters. The molecule has 0 spiro atoms. The first kappa shape index (κ1) is 20.4. The molecule has 2 heterocycles. The molecule has 3 rings (SSSR count). The first-order chi connectivity index (χ1) is 13.0. The first-order valence-corrected chi connectivity index (χ1v) is 10.9. The van der Waals surface area contributed by atoms with Crippen LogP contribution in [-0.4, -0.2) is 25.6 Å². The highest BCUT2D eigenvalue weighted by Gasteiger charge is 2.18. The van der Waals surface area contributed by atoms with Crippen molar-refractivity contribution in [2.45, 2.75) is 11.8 Å². The number of carbonyl (C=O) groups is 1. The van der Waals surface area contributed by atoms with Gasteiger partial charge in [-0.2, -0.15) is 0 Å². The van der Waals surface area contributed by atoms with Crippen molar-refractivity contribution in [3.05, 3.63) is 62.9 Å². The quantitative estimate of drug-likeness (QED) is 0.635. The Morgan fingerprint density at radius 3 is 2.54 bits per heavy atom. The van der Waals surface area contributed by atoms with Crippen molar-refractivity contribution in [2.75, 3.05) is 11.6 Å². The second-order valence-electron chi connectivity index (χ2n) is 5.97. The number of aryl methyl sites for hydroxylation is 1. The van der Waals surface area contributed by atoms with E-state index in [1.54, 1.807) is 6.92 Å². The molecule has 0 saturated heterocycles. The van der Waals surface area contributed by atoms with Gasteiger partial charge in [0.1, 0.15) is 11.5 Å². The molecule has 5 nitrogen and oxygen atoms in total. The Morgan fingerprint density at radius 2 is 1.89 bits per heavy atom. The Kier molecular flexibility index (Phi) is 5.51. The lowest BCUT2D eigenvalue weighted by atomic mass is 10.1. The molecule has 0 saturated carbocycles. The summed E-state index contributed by atoms with van der Waals surface area (Å²) in [6.45, 7) is 1.68. The molecule has 10 heteroatoms. The number of pyridine rings is 1. The number of anilines is 1. The fourth-order valence-corrected chi connectivity index (χ4v) is 4.38. The average Bonchev–Trinajstić information content (AvgIpc) is 2.95. The van der Waals surface area contributed by atoms with Gasteiger partial charge in [0.15, 0.2) is 15.7 Å². The lowest BCUT2D eigenvalue weighted by molar-refractivity contribution is 0.103. The molecule has 1 amide bonds. The Balaban J connectivity index is 1.92. The summed E-state index contributed by atoms with van der Waals surface area (Å²) in [5.74, 6) is -2.15. The maximum atomic E-state index is 14.0. The smallest absolute Gasteiger partial charge is 0.265 e. The third-order valence-electron chi connectivity index (χ3n) is 3.76. The number of aromatic nitrogens is 1. The predicted molar refractivity (Wildman–Crippen MR) is 105 cm³/mol. The second kappa shape index (κ2) is 7.57. The topological polar surface area (TPSA) is 76.1 Å². The number of hydrogen-bond acceptors (Lipinski definition) is 5. The van der Waals surface area contributed by atoms with Crippen LogP contribution in [0.3, 0.4) is 0 Å². The molecule has 0 fully saturated rings. The summed E-state index contributed by atoms with van der Waals surface area (Å²) in [7, 11) is -3.51. The number of thiophene rings is 1. The molecule has 3 aromatic rings. The first-order valence-electron chi connectivity index (χ1n) is 7.78. The minimum Gasteiger partial charge on any atom is -0.321 e. The fraction of sp³-hybridized carbons (Fsp3) is 0.111. The number of hydrogen-bond donors (Lipinski definition) is 1. The Bertz CT molecular complexity index is 1190. The van der Waals surface area contributed by atoms with Crippen LogP contribution in [0.15, 0.2) is 41.4 Å². The van der Waals surface area contributed by atoms with E-state index in [0.29, 0.717) is 10.4 Å². The van der Waals surface area contributed by atoms with Crippen molar-refractivity contribution in [1.82, 2.24) is 4.98 Å². The van der Waals surface area contributed by atoms with Crippen molar-refractivity contribution in [3.63, 3.8) is 0 Å². The molecule has 0 aliphatic heterocycles. The van der Waals surface area contributed by atoms with Crippen LogP contribution in [0.5, 0.6) is 0 Å². The number of benzene rings is 1. The van der Waals surface area contributed by atoms with E-state index in [2.05, 4.69) is 10.3 Å². The lowest BCUT2D eigenvalue weighted by Crippen LogP contribution is -2.11. The minimum absolute atomic E-state index is 0.0315. The van der Waals surface area contributed by atoms with Gasteiger partial charge >= 0.3 is 0 Å². The number of nitrogens with one attached hydrogen (secondary N) is 1. The highest BCUT2D eigenvalue weighted by molar-refractivity contribution is 7.90. The SMILES string of the molecule is Cc1sc(C(=O)Nc2cc(Cl)cc(S(C)(=O)=O)c2)cc1-c1ncc(F)cc1F. The van der Waals surface area contributed by atoms with E-state index in [9.17, 15) is 22.0 Å². The summed E-state index contributed by atoms with van der Waals surface area (Å²) in [6.07, 6.45) is 1.93. The van der Waals surface area contributed by atoms with Gasteiger partial charge in [-0.3, -0.25) is 9.78 Å². The van der Waals surface area contributed by atoms with E-state index in [1.165, 1.54) is 24.3 Å².